The van der Waals surface area contributed by atoms with Crippen LogP contribution in [0.5, 0.6) is 0 Å². The van der Waals surface area contributed by atoms with E-state index in [2.05, 4.69) is 22.3 Å². The van der Waals surface area contributed by atoms with Crippen molar-refractivity contribution < 1.29 is 13.6 Å². The van der Waals surface area contributed by atoms with E-state index >= 15 is 0 Å². The Hall–Kier alpha value is -3.05. The number of benzene rings is 1. The van der Waals surface area contributed by atoms with Crippen LogP contribution in [0.25, 0.3) is 11.5 Å². The molecule has 0 radical (unpaired) electrons. The fourth-order valence-electron chi connectivity index (χ4n) is 2.77. The second kappa shape index (κ2) is 9.24. The van der Waals surface area contributed by atoms with Crippen LogP contribution in [0, 0.1) is 25.2 Å². The molecule has 8 heteroatoms. The molecule has 3 aromatic rings. The van der Waals surface area contributed by atoms with E-state index in [4.69, 9.17) is 14.1 Å². The number of amides is 1. The minimum Gasteiger partial charge on any atom is -0.467 e. The number of nitriles is 1. The molecule has 0 aliphatic rings. The third-order valence-corrected chi connectivity index (χ3v) is 4.77. The molecule has 1 amide bonds. The van der Waals surface area contributed by atoms with Crippen molar-refractivity contribution in [1.82, 2.24) is 15.1 Å². The fraction of sp³-hybridized carbons (Fsp3) is 0.300. The lowest BCUT2D eigenvalue weighted by molar-refractivity contribution is -0.129. The monoisotopic (exact) mass is 396 g/mol. The van der Waals surface area contributed by atoms with Crippen molar-refractivity contribution in [2.45, 2.75) is 32.0 Å². The van der Waals surface area contributed by atoms with Crippen LogP contribution < -0.4 is 0 Å². The lowest BCUT2D eigenvalue weighted by Gasteiger charge is -2.19. The highest BCUT2D eigenvalue weighted by atomic mass is 32.2. The van der Waals surface area contributed by atoms with Crippen LogP contribution in [0.1, 0.15) is 23.3 Å². The molecular formula is C20H20N4O3S. The van der Waals surface area contributed by atoms with Crippen molar-refractivity contribution in [3.8, 4) is 17.5 Å². The Balaban J connectivity index is 1.62. The molecule has 3 rings (SSSR count). The number of rotatable bonds is 8. The molecule has 0 fully saturated rings. The second-order valence-electron chi connectivity index (χ2n) is 6.34. The van der Waals surface area contributed by atoms with Gasteiger partial charge < -0.3 is 13.7 Å². The molecule has 28 heavy (non-hydrogen) atoms. The number of nitrogens with zero attached hydrogens (tertiary/aromatic N) is 4. The van der Waals surface area contributed by atoms with Crippen molar-refractivity contribution >= 4 is 17.7 Å². The topological polar surface area (TPSA) is 96.2 Å². The summed E-state index contributed by atoms with van der Waals surface area (Å²) in [6.45, 7) is 4.69. The number of carbonyl (C=O) groups is 1. The van der Waals surface area contributed by atoms with Crippen molar-refractivity contribution in [1.29, 1.82) is 5.26 Å². The molecule has 144 valence electrons. The maximum absolute atomic E-state index is 12.6. The zero-order valence-electron chi connectivity index (χ0n) is 15.7. The molecule has 0 bridgehead atoms. The maximum atomic E-state index is 12.6. The van der Waals surface area contributed by atoms with Crippen LogP contribution in [-0.2, 0) is 11.3 Å². The maximum Gasteiger partial charge on any atom is 0.277 e. The van der Waals surface area contributed by atoms with Gasteiger partial charge in [0.05, 0.1) is 31.1 Å². The molecule has 0 spiro atoms. The Morgan fingerprint density at radius 2 is 2.04 bits per heavy atom. The molecule has 0 saturated heterocycles. The number of hydrogen-bond donors (Lipinski definition) is 0. The van der Waals surface area contributed by atoms with Gasteiger partial charge in [0.2, 0.25) is 11.8 Å². The number of aryl methyl sites for hydroxylation is 2. The van der Waals surface area contributed by atoms with E-state index in [0.29, 0.717) is 30.0 Å². The van der Waals surface area contributed by atoms with Gasteiger partial charge in [-0.3, -0.25) is 4.79 Å². The van der Waals surface area contributed by atoms with Gasteiger partial charge in [-0.05, 0) is 38.1 Å². The summed E-state index contributed by atoms with van der Waals surface area (Å²) in [6, 6.07) is 11.7. The molecule has 0 unspecified atom stereocenters. The van der Waals surface area contributed by atoms with Gasteiger partial charge in [-0.1, -0.05) is 29.0 Å². The molecule has 0 aliphatic carbocycles. The van der Waals surface area contributed by atoms with Crippen LogP contribution in [0.4, 0.5) is 0 Å². The summed E-state index contributed by atoms with van der Waals surface area (Å²) in [5, 5.41) is 17.3. The predicted molar refractivity (Wildman–Crippen MR) is 104 cm³/mol. The summed E-state index contributed by atoms with van der Waals surface area (Å²) in [4.78, 5) is 14.2. The zero-order chi connectivity index (χ0) is 19.9. The summed E-state index contributed by atoms with van der Waals surface area (Å²) < 4.78 is 11.0. The van der Waals surface area contributed by atoms with Crippen molar-refractivity contribution in [3.63, 3.8) is 0 Å². The van der Waals surface area contributed by atoms with Crippen molar-refractivity contribution in [3.05, 3.63) is 53.5 Å². The summed E-state index contributed by atoms with van der Waals surface area (Å²) in [6.07, 6.45) is 1.82. The Morgan fingerprint density at radius 3 is 2.71 bits per heavy atom. The van der Waals surface area contributed by atoms with Gasteiger partial charge in [0.15, 0.2) is 0 Å². The molecule has 0 atom stereocenters. The number of carbonyl (C=O) groups excluding carboxylic acids is 1. The van der Waals surface area contributed by atoms with E-state index < -0.39 is 0 Å². The second-order valence-corrected chi connectivity index (χ2v) is 7.27. The average molecular weight is 396 g/mol. The lowest BCUT2D eigenvalue weighted by Crippen LogP contribution is -2.32. The fourth-order valence-corrected chi connectivity index (χ4v) is 3.43. The summed E-state index contributed by atoms with van der Waals surface area (Å²) >= 11 is 1.18. The van der Waals surface area contributed by atoms with Gasteiger partial charge in [-0.15, -0.1) is 10.2 Å². The minimum absolute atomic E-state index is 0.122. The third kappa shape index (κ3) is 5.24. The lowest BCUT2D eigenvalue weighted by atomic mass is 10.1. The molecular weight excluding hydrogens is 376 g/mol. The Bertz CT molecular complexity index is 956. The van der Waals surface area contributed by atoms with E-state index in [0.717, 1.165) is 16.7 Å². The van der Waals surface area contributed by atoms with Gasteiger partial charge >= 0.3 is 0 Å². The van der Waals surface area contributed by atoms with Gasteiger partial charge in [0.1, 0.15) is 5.76 Å². The highest BCUT2D eigenvalue weighted by Gasteiger charge is 2.18. The highest BCUT2D eigenvalue weighted by molar-refractivity contribution is 7.99. The van der Waals surface area contributed by atoms with Crippen molar-refractivity contribution in [2.24, 2.45) is 0 Å². The van der Waals surface area contributed by atoms with E-state index in [9.17, 15) is 4.79 Å². The smallest absolute Gasteiger partial charge is 0.277 e. The first-order chi connectivity index (χ1) is 13.5. The predicted octanol–water partition coefficient (Wildman–Crippen LogP) is 3.98. The summed E-state index contributed by atoms with van der Waals surface area (Å²) in [5.41, 5.74) is 3.09. The minimum atomic E-state index is -0.122. The van der Waals surface area contributed by atoms with Gasteiger partial charge in [-0.25, -0.2) is 0 Å². The van der Waals surface area contributed by atoms with Crippen LogP contribution in [0.3, 0.4) is 0 Å². The zero-order valence-corrected chi connectivity index (χ0v) is 16.5. The number of furan rings is 1. The first-order valence-corrected chi connectivity index (χ1v) is 9.76. The number of hydrogen-bond acceptors (Lipinski definition) is 7. The van der Waals surface area contributed by atoms with Gasteiger partial charge in [-0.2, -0.15) is 5.26 Å². The highest BCUT2D eigenvalue weighted by Crippen LogP contribution is 2.25. The molecule has 2 aromatic heterocycles. The number of aromatic nitrogens is 2. The molecule has 0 N–H and O–H groups in total. The standard InChI is InChI=1S/C20H20N4O3S/c1-14-9-15(2)11-16(10-14)19-22-23-20(27-19)28-13-18(25)24(7-4-6-21)12-17-5-3-8-26-17/h3,5,8-11H,4,7,12-13H2,1-2H3. The van der Waals surface area contributed by atoms with E-state index in [1.165, 1.54) is 11.8 Å². The van der Waals surface area contributed by atoms with Crippen molar-refractivity contribution in [2.75, 3.05) is 12.3 Å². The van der Waals surface area contributed by atoms with E-state index in [-0.39, 0.29) is 18.1 Å². The average Bonchev–Trinajstić information content (AvgIpc) is 3.34. The quantitative estimate of drug-likeness (QED) is 0.531. The van der Waals surface area contributed by atoms with Crippen LogP contribution in [0.2, 0.25) is 0 Å². The third-order valence-electron chi connectivity index (χ3n) is 3.97. The van der Waals surface area contributed by atoms with E-state index in [1.54, 1.807) is 23.3 Å². The Labute approximate surface area is 167 Å². The van der Waals surface area contributed by atoms with Gasteiger partial charge in [0.25, 0.3) is 5.22 Å². The first-order valence-electron chi connectivity index (χ1n) is 8.77. The molecule has 7 nitrogen and oxygen atoms in total. The van der Waals surface area contributed by atoms with Crippen LogP contribution in [-0.4, -0.2) is 33.3 Å². The first kappa shape index (κ1) is 19.7. The van der Waals surface area contributed by atoms with E-state index in [1.807, 2.05) is 26.0 Å². The Kier molecular flexibility index (Phi) is 6.50. The van der Waals surface area contributed by atoms with Crippen LogP contribution >= 0.6 is 11.8 Å². The Morgan fingerprint density at radius 1 is 1.25 bits per heavy atom. The number of thioether (sulfide) groups is 1. The van der Waals surface area contributed by atoms with Crippen LogP contribution in [0.15, 0.2) is 50.7 Å². The summed E-state index contributed by atoms with van der Waals surface area (Å²) in [5.74, 6) is 1.12. The molecule has 0 saturated carbocycles. The molecule has 2 heterocycles. The normalized spacial score (nSPS) is 10.6. The van der Waals surface area contributed by atoms with Gasteiger partial charge in [0, 0.05) is 12.1 Å². The largest absolute Gasteiger partial charge is 0.467 e. The summed E-state index contributed by atoms with van der Waals surface area (Å²) in [7, 11) is 0. The molecule has 0 aliphatic heterocycles. The molecule has 1 aromatic carbocycles. The SMILES string of the molecule is Cc1cc(C)cc(-c2nnc(SCC(=O)N(CCC#N)Cc3ccco3)o2)c1.